The molecule has 0 N–H and O–H groups in total. The largest absolute Gasteiger partial charge is 0.303 e. The van der Waals surface area contributed by atoms with Crippen LogP contribution < -0.4 is 0 Å². The van der Waals surface area contributed by atoms with Gasteiger partial charge in [-0.25, -0.2) is 8.42 Å². The molecule has 4 heteroatoms. The summed E-state index contributed by atoms with van der Waals surface area (Å²) in [4.78, 5) is 11.0. The molecule has 0 spiro atoms. The van der Waals surface area contributed by atoms with Crippen molar-refractivity contribution in [3.8, 4) is 0 Å². The molecule has 1 atom stereocenters. The summed E-state index contributed by atoms with van der Waals surface area (Å²) in [5.74, 6) is -0.446. The Morgan fingerprint density at radius 3 is 2.28 bits per heavy atom. The van der Waals surface area contributed by atoms with E-state index in [2.05, 4.69) is 0 Å². The van der Waals surface area contributed by atoms with Gasteiger partial charge in [-0.15, -0.1) is 0 Å². The van der Waals surface area contributed by atoms with Crippen LogP contribution >= 0.6 is 0 Å². The Labute approximate surface area is 109 Å². The number of hydrogen-bond donors (Lipinski definition) is 0. The van der Waals surface area contributed by atoms with Crippen molar-refractivity contribution >= 4 is 16.1 Å². The summed E-state index contributed by atoms with van der Waals surface area (Å²) in [6.45, 7) is 3.29. The number of sulfone groups is 1. The van der Waals surface area contributed by atoms with Crippen molar-refractivity contribution in [2.75, 3.05) is 5.75 Å². The fourth-order valence-electron chi connectivity index (χ4n) is 1.68. The predicted molar refractivity (Wildman–Crippen MR) is 73.2 cm³/mol. The molecule has 0 aliphatic rings. The molecule has 0 fully saturated rings. The molecule has 0 amide bonds. The molecule has 0 heterocycles. The van der Waals surface area contributed by atoms with Gasteiger partial charge in [-0.05, 0) is 32.3 Å². The van der Waals surface area contributed by atoms with Crippen LogP contribution in [0.2, 0.25) is 0 Å². The molecule has 1 aromatic carbocycles. The van der Waals surface area contributed by atoms with Gasteiger partial charge in [-0.3, -0.25) is 0 Å². The minimum atomic E-state index is -3.15. The second kappa shape index (κ2) is 6.69. The van der Waals surface area contributed by atoms with Crippen LogP contribution in [0.3, 0.4) is 0 Å². The lowest BCUT2D eigenvalue weighted by Crippen LogP contribution is -2.24. The molecule has 100 valence electrons. The number of hydrogen-bond acceptors (Lipinski definition) is 3. The van der Waals surface area contributed by atoms with Crippen molar-refractivity contribution in [2.24, 2.45) is 5.92 Å². The maximum Gasteiger partial charge on any atom is 0.153 e. The van der Waals surface area contributed by atoms with Crippen LogP contribution in [0.5, 0.6) is 0 Å². The Morgan fingerprint density at radius 1 is 1.17 bits per heavy atom. The molecule has 1 rings (SSSR count). The second-order valence-electron chi connectivity index (χ2n) is 4.80. The molecule has 3 nitrogen and oxygen atoms in total. The highest BCUT2D eigenvalue weighted by atomic mass is 32.2. The Balaban J connectivity index is 2.56. The first kappa shape index (κ1) is 14.9. The summed E-state index contributed by atoms with van der Waals surface area (Å²) in [6, 6.07) is 9.79. The quantitative estimate of drug-likeness (QED) is 0.713. The first-order valence-electron chi connectivity index (χ1n) is 6.16. The van der Waals surface area contributed by atoms with Gasteiger partial charge in [0.25, 0.3) is 0 Å². The number of carbonyl (C=O) groups is 1. The van der Waals surface area contributed by atoms with Crippen molar-refractivity contribution in [1.82, 2.24) is 0 Å². The maximum absolute atomic E-state index is 11.8. The number of aldehydes is 1. The van der Waals surface area contributed by atoms with E-state index >= 15 is 0 Å². The molecule has 0 unspecified atom stereocenters. The maximum atomic E-state index is 11.8. The fraction of sp³-hybridized carbons (Fsp3) is 0.500. The Morgan fingerprint density at radius 2 is 1.78 bits per heavy atom. The zero-order valence-corrected chi connectivity index (χ0v) is 11.7. The average molecular weight is 268 g/mol. The van der Waals surface area contributed by atoms with Crippen LogP contribution in [0.15, 0.2) is 30.3 Å². The normalized spacial score (nSPS) is 13.5. The van der Waals surface area contributed by atoms with E-state index in [4.69, 9.17) is 0 Å². The van der Waals surface area contributed by atoms with E-state index in [-0.39, 0.29) is 5.75 Å². The number of carbonyl (C=O) groups excluding carboxylic acids is 1. The molecule has 0 bridgehead atoms. The summed E-state index contributed by atoms with van der Waals surface area (Å²) in [6.07, 6.45) is 2.08. The van der Waals surface area contributed by atoms with E-state index in [1.165, 1.54) is 0 Å². The molecular formula is C14H20O3S. The first-order chi connectivity index (χ1) is 8.45. The van der Waals surface area contributed by atoms with Gasteiger partial charge in [-0.2, -0.15) is 0 Å². The van der Waals surface area contributed by atoms with E-state index in [9.17, 15) is 13.2 Å². The van der Waals surface area contributed by atoms with E-state index < -0.39 is 21.0 Å². The standard InChI is InChI=1S/C14H20O3S/c1-12(2)18(16,17)11-14(10-15)9-8-13-6-4-3-5-7-13/h3-7,10,12,14H,8-9,11H2,1-2H3/t14-/m0/s1. The summed E-state index contributed by atoms with van der Waals surface area (Å²) in [7, 11) is -3.15. The van der Waals surface area contributed by atoms with Crippen LogP contribution in [0.1, 0.15) is 25.8 Å². The topological polar surface area (TPSA) is 51.2 Å². The lowest BCUT2D eigenvalue weighted by molar-refractivity contribution is -0.110. The van der Waals surface area contributed by atoms with E-state index in [1.807, 2.05) is 30.3 Å². The fourth-order valence-corrected chi connectivity index (χ4v) is 2.91. The van der Waals surface area contributed by atoms with Gasteiger partial charge in [0.05, 0.1) is 11.0 Å². The summed E-state index contributed by atoms with van der Waals surface area (Å²) < 4.78 is 23.5. The van der Waals surface area contributed by atoms with Crippen LogP contribution in [0.4, 0.5) is 0 Å². The molecule has 1 aromatic rings. The highest BCUT2D eigenvalue weighted by Gasteiger charge is 2.21. The van der Waals surface area contributed by atoms with E-state index in [1.54, 1.807) is 13.8 Å². The Kier molecular flexibility index (Phi) is 5.54. The molecule has 0 aliphatic heterocycles. The van der Waals surface area contributed by atoms with Gasteiger partial charge in [0.15, 0.2) is 9.84 Å². The summed E-state index contributed by atoms with van der Waals surface area (Å²) >= 11 is 0. The van der Waals surface area contributed by atoms with Crippen molar-refractivity contribution in [3.63, 3.8) is 0 Å². The monoisotopic (exact) mass is 268 g/mol. The summed E-state index contributed by atoms with van der Waals surface area (Å²) in [5.41, 5.74) is 1.13. The van der Waals surface area contributed by atoms with Crippen molar-refractivity contribution in [3.05, 3.63) is 35.9 Å². The Bertz CT molecular complexity index is 463. The third-order valence-corrected chi connectivity index (χ3v) is 5.33. The second-order valence-corrected chi connectivity index (χ2v) is 7.40. The smallest absolute Gasteiger partial charge is 0.153 e. The SMILES string of the molecule is CC(C)S(=O)(=O)C[C@H](C=O)CCc1ccccc1. The van der Waals surface area contributed by atoms with Gasteiger partial charge in [0, 0.05) is 5.92 Å². The van der Waals surface area contributed by atoms with Crippen molar-refractivity contribution in [2.45, 2.75) is 31.9 Å². The molecule has 18 heavy (non-hydrogen) atoms. The van der Waals surface area contributed by atoms with Crippen LogP contribution in [0, 0.1) is 5.92 Å². The van der Waals surface area contributed by atoms with Crippen LogP contribution in [-0.2, 0) is 21.1 Å². The van der Waals surface area contributed by atoms with Crippen LogP contribution in [0.25, 0.3) is 0 Å². The third kappa shape index (κ3) is 4.61. The lowest BCUT2D eigenvalue weighted by Gasteiger charge is -2.13. The molecule has 0 radical (unpaired) electrons. The lowest BCUT2D eigenvalue weighted by atomic mass is 10.0. The van der Waals surface area contributed by atoms with Gasteiger partial charge < -0.3 is 4.79 Å². The molecular weight excluding hydrogens is 248 g/mol. The van der Waals surface area contributed by atoms with E-state index in [0.29, 0.717) is 6.42 Å². The molecule has 0 saturated carbocycles. The zero-order chi connectivity index (χ0) is 13.6. The zero-order valence-electron chi connectivity index (χ0n) is 10.9. The molecule has 0 aliphatic carbocycles. The first-order valence-corrected chi connectivity index (χ1v) is 7.88. The molecule has 0 aromatic heterocycles. The minimum Gasteiger partial charge on any atom is -0.303 e. The van der Waals surface area contributed by atoms with E-state index in [0.717, 1.165) is 18.3 Å². The average Bonchev–Trinajstić information content (AvgIpc) is 2.35. The number of rotatable bonds is 7. The highest BCUT2D eigenvalue weighted by molar-refractivity contribution is 7.92. The van der Waals surface area contributed by atoms with Gasteiger partial charge in [-0.1, -0.05) is 30.3 Å². The van der Waals surface area contributed by atoms with Crippen molar-refractivity contribution < 1.29 is 13.2 Å². The predicted octanol–water partition coefficient (Wildman–Crippen LogP) is 2.26. The number of aryl methyl sites for hydroxylation is 1. The highest BCUT2D eigenvalue weighted by Crippen LogP contribution is 2.13. The minimum absolute atomic E-state index is 0.0407. The molecule has 0 saturated heterocycles. The third-order valence-electron chi connectivity index (χ3n) is 3.00. The van der Waals surface area contributed by atoms with Crippen molar-refractivity contribution in [1.29, 1.82) is 0 Å². The van der Waals surface area contributed by atoms with Gasteiger partial charge in [0.1, 0.15) is 6.29 Å². The van der Waals surface area contributed by atoms with Crippen LogP contribution in [-0.4, -0.2) is 25.7 Å². The van der Waals surface area contributed by atoms with Gasteiger partial charge in [0.2, 0.25) is 0 Å². The van der Waals surface area contributed by atoms with Gasteiger partial charge >= 0.3 is 0 Å². The Hall–Kier alpha value is -1.16. The summed E-state index contributed by atoms with van der Waals surface area (Å²) in [5, 5.41) is -0.420. The number of benzene rings is 1.